The fourth-order valence-corrected chi connectivity index (χ4v) is 5.09. The molecule has 192 valence electrons. The molecule has 0 spiro atoms. The zero-order valence-corrected chi connectivity index (χ0v) is 21.4. The molecule has 36 heavy (non-hydrogen) atoms. The molecule has 0 saturated carbocycles. The number of anilines is 1. The van der Waals surface area contributed by atoms with Gasteiger partial charge in [-0.3, -0.25) is 19.3 Å². The summed E-state index contributed by atoms with van der Waals surface area (Å²) in [5.41, 5.74) is 4.07. The van der Waals surface area contributed by atoms with Gasteiger partial charge in [0.2, 0.25) is 11.8 Å². The van der Waals surface area contributed by atoms with E-state index in [0.717, 1.165) is 28.9 Å². The quantitative estimate of drug-likeness (QED) is 0.561. The Kier molecular flexibility index (Phi) is 8.06. The number of hydrogen-bond acceptors (Lipinski definition) is 5. The summed E-state index contributed by atoms with van der Waals surface area (Å²) < 4.78 is 0. The predicted octanol–water partition coefficient (Wildman–Crippen LogP) is 2.47. The molecule has 8 heteroatoms. The number of carbonyl (C=O) groups excluding carboxylic acids is 3. The molecule has 0 bridgehead atoms. The topological polar surface area (TPSA) is 93.2 Å². The number of rotatable bonds is 9. The van der Waals surface area contributed by atoms with Gasteiger partial charge in [0.25, 0.3) is 5.91 Å². The van der Waals surface area contributed by atoms with Crippen LogP contribution in [-0.4, -0.2) is 83.4 Å². The van der Waals surface area contributed by atoms with Gasteiger partial charge in [-0.1, -0.05) is 24.3 Å². The van der Waals surface area contributed by atoms with Crippen molar-refractivity contribution in [3.05, 3.63) is 64.7 Å². The Labute approximate surface area is 212 Å². The highest BCUT2D eigenvalue weighted by molar-refractivity contribution is 5.99. The van der Waals surface area contributed by atoms with E-state index in [1.54, 1.807) is 16.8 Å². The van der Waals surface area contributed by atoms with Gasteiger partial charge in [-0.2, -0.15) is 0 Å². The Balaban J connectivity index is 1.57. The van der Waals surface area contributed by atoms with Gasteiger partial charge in [0.15, 0.2) is 0 Å². The number of likely N-dealkylation sites (N-methyl/N-ethyl adjacent to an activating group) is 1. The van der Waals surface area contributed by atoms with Gasteiger partial charge in [0, 0.05) is 51.0 Å². The number of β-amino-alcohol motifs (C(OH)–C–C–N with tert-alkyl or cyclic N) is 1. The van der Waals surface area contributed by atoms with E-state index in [1.165, 1.54) is 0 Å². The largest absolute Gasteiger partial charge is 0.392 e. The van der Waals surface area contributed by atoms with Crippen LogP contribution in [0.4, 0.5) is 5.69 Å². The molecule has 2 N–H and O–H groups in total. The second kappa shape index (κ2) is 11.2. The van der Waals surface area contributed by atoms with Gasteiger partial charge in [-0.25, -0.2) is 0 Å². The van der Waals surface area contributed by atoms with Crippen molar-refractivity contribution in [2.75, 3.05) is 45.1 Å². The van der Waals surface area contributed by atoms with Crippen molar-refractivity contribution < 1.29 is 19.5 Å². The van der Waals surface area contributed by atoms with Crippen LogP contribution in [0.1, 0.15) is 53.4 Å². The van der Waals surface area contributed by atoms with Crippen LogP contribution >= 0.6 is 0 Å². The number of hydrogen-bond donors (Lipinski definition) is 2. The van der Waals surface area contributed by atoms with Crippen molar-refractivity contribution in [3.63, 3.8) is 0 Å². The highest BCUT2D eigenvalue weighted by atomic mass is 16.3. The fraction of sp³-hybridized carbons (Fsp3) is 0.464. The molecular weight excluding hydrogens is 456 g/mol. The second-order valence-electron chi connectivity index (χ2n) is 9.72. The maximum Gasteiger partial charge on any atom is 0.253 e. The SMILES string of the molecule is CCN(CC)C(=O)c1cccc(C(CN2CC[C@H](O)C2)N(C)C(=O)Cc2ccc3c(c2)NC(=O)C3)c1. The number of benzene rings is 2. The standard InChI is InChI=1S/C28H36N4O4/c1-4-32(5-2)28(36)22-8-6-7-21(15-22)25(18-31-12-11-23(33)17-31)30(3)27(35)14-19-9-10-20-16-26(34)29-24(20)13-19/h6-10,13,15,23,25,33H,4-5,11-12,14,16-18H2,1-3H3,(H,29,34)/t23-,25?/m0/s1. The summed E-state index contributed by atoms with van der Waals surface area (Å²) in [6, 6.07) is 13.0. The van der Waals surface area contributed by atoms with E-state index in [4.69, 9.17) is 0 Å². The minimum absolute atomic E-state index is 0.0219. The van der Waals surface area contributed by atoms with Crippen LogP contribution in [0.3, 0.4) is 0 Å². The summed E-state index contributed by atoms with van der Waals surface area (Å²) in [5, 5.41) is 12.9. The van der Waals surface area contributed by atoms with Crippen LogP contribution in [0.2, 0.25) is 0 Å². The van der Waals surface area contributed by atoms with Crippen LogP contribution in [0.15, 0.2) is 42.5 Å². The molecule has 2 aromatic carbocycles. The molecule has 2 aromatic rings. The number of carbonyl (C=O) groups is 3. The normalized spacial score (nSPS) is 18.0. The van der Waals surface area contributed by atoms with E-state index in [1.807, 2.05) is 56.3 Å². The van der Waals surface area contributed by atoms with Gasteiger partial charge < -0.3 is 20.2 Å². The van der Waals surface area contributed by atoms with Crippen LogP contribution in [0.5, 0.6) is 0 Å². The third-order valence-electron chi connectivity index (χ3n) is 7.26. The lowest BCUT2D eigenvalue weighted by Crippen LogP contribution is -2.39. The van der Waals surface area contributed by atoms with Crippen molar-refractivity contribution in [1.29, 1.82) is 0 Å². The predicted molar refractivity (Wildman–Crippen MR) is 139 cm³/mol. The van der Waals surface area contributed by atoms with Gasteiger partial charge in [-0.05, 0) is 55.2 Å². The molecule has 0 aliphatic carbocycles. The van der Waals surface area contributed by atoms with Gasteiger partial charge in [0.1, 0.15) is 0 Å². The Morgan fingerprint density at radius 1 is 1.17 bits per heavy atom. The Morgan fingerprint density at radius 3 is 2.64 bits per heavy atom. The monoisotopic (exact) mass is 492 g/mol. The Hall–Kier alpha value is -3.23. The molecule has 1 saturated heterocycles. The number of nitrogens with one attached hydrogen (secondary N) is 1. The maximum atomic E-state index is 13.4. The lowest BCUT2D eigenvalue weighted by atomic mass is 10.00. The van der Waals surface area contributed by atoms with Crippen LogP contribution in [-0.2, 0) is 22.4 Å². The number of fused-ring (bicyclic) bond motifs is 1. The number of likely N-dealkylation sites (tertiary alicyclic amines) is 1. The third-order valence-corrected chi connectivity index (χ3v) is 7.26. The summed E-state index contributed by atoms with van der Waals surface area (Å²) in [6.45, 7) is 7.10. The number of aliphatic hydroxyl groups excluding tert-OH is 1. The van der Waals surface area contributed by atoms with Crippen molar-refractivity contribution in [3.8, 4) is 0 Å². The van der Waals surface area contributed by atoms with Gasteiger partial charge in [0.05, 0.1) is 25.0 Å². The van der Waals surface area contributed by atoms with E-state index in [0.29, 0.717) is 44.6 Å². The molecule has 0 radical (unpaired) electrons. The first-order valence-electron chi connectivity index (χ1n) is 12.8. The zero-order valence-electron chi connectivity index (χ0n) is 21.4. The minimum atomic E-state index is -0.358. The lowest BCUT2D eigenvalue weighted by Gasteiger charge is -2.32. The average molecular weight is 493 g/mol. The Bertz CT molecular complexity index is 1130. The van der Waals surface area contributed by atoms with Crippen molar-refractivity contribution in [2.24, 2.45) is 0 Å². The average Bonchev–Trinajstić information content (AvgIpc) is 3.46. The molecule has 2 heterocycles. The van der Waals surface area contributed by atoms with Gasteiger partial charge in [-0.15, -0.1) is 0 Å². The van der Waals surface area contributed by atoms with Crippen molar-refractivity contribution >= 4 is 23.4 Å². The van der Waals surface area contributed by atoms with Crippen molar-refractivity contribution in [1.82, 2.24) is 14.7 Å². The van der Waals surface area contributed by atoms with E-state index in [-0.39, 0.29) is 36.3 Å². The molecule has 4 rings (SSSR count). The molecule has 2 atom stereocenters. The first-order chi connectivity index (χ1) is 17.3. The summed E-state index contributed by atoms with van der Waals surface area (Å²) in [5.74, 6) is -0.103. The highest BCUT2D eigenvalue weighted by Gasteiger charge is 2.29. The molecule has 2 aliphatic heterocycles. The third kappa shape index (κ3) is 5.77. The number of aliphatic hydroxyl groups is 1. The molecule has 2 aliphatic rings. The molecular formula is C28H36N4O4. The van der Waals surface area contributed by atoms with Crippen LogP contribution < -0.4 is 5.32 Å². The highest BCUT2D eigenvalue weighted by Crippen LogP contribution is 2.27. The van der Waals surface area contributed by atoms with E-state index < -0.39 is 0 Å². The van der Waals surface area contributed by atoms with Crippen LogP contribution in [0.25, 0.3) is 0 Å². The van der Waals surface area contributed by atoms with Crippen LogP contribution in [0, 0.1) is 0 Å². The Morgan fingerprint density at radius 2 is 1.94 bits per heavy atom. The molecule has 8 nitrogen and oxygen atoms in total. The first kappa shape index (κ1) is 25.9. The number of nitrogens with zero attached hydrogens (tertiary/aromatic N) is 3. The maximum absolute atomic E-state index is 13.4. The van der Waals surface area contributed by atoms with E-state index in [2.05, 4.69) is 10.2 Å². The smallest absolute Gasteiger partial charge is 0.253 e. The number of amides is 3. The molecule has 1 unspecified atom stereocenters. The van der Waals surface area contributed by atoms with E-state index >= 15 is 0 Å². The lowest BCUT2D eigenvalue weighted by molar-refractivity contribution is -0.131. The molecule has 1 fully saturated rings. The zero-order chi connectivity index (χ0) is 25.8. The molecule has 3 amide bonds. The van der Waals surface area contributed by atoms with Gasteiger partial charge >= 0.3 is 0 Å². The van der Waals surface area contributed by atoms with E-state index in [9.17, 15) is 19.5 Å². The summed E-state index contributed by atoms with van der Waals surface area (Å²) in [7, 11) is 1.80. The second-order valence-corrected chi connectivity index (χ2v) is 9.72. The molecule has 0 aromatic heterocycles. The fourth-order valence-electron chi connectivity index (χ4n) is 5.09. The van der Waals surface area contributed by atoms with Crippen molar-refractivity contribution in [2.45, 2.75) is 45.3 Å². The summed E-state index contributed by atoms with van der Waals surface area (Å²) in [4.78, 5) is 43.8. The summed E-state index contributed by atoms with van der Waals surface area (Å²) >= 11 is 0. The minimum Gasteiger partial charge on any atom is -0.392 e. The first-order valence-corrected chi connectivity index (χ1v) is 12.8. The summed E-state index contributed by atoms with van der Waals surface area (Å²) in [6.07, 6.45) is 0.932.